The lowest BCUT2D eigenvalue weighted by molar-refractivity contribution is 0.0111. The van der Waals surface area contributed by atoms with Gasteiger partial charge in [-0.1, -0.05) is 62.4 Å². The van der Waals surface area contributed by atoms with E-state index in [4.69, 9.17) is 14.2 Å². The van der Waals surface area contributed by atoms with Crippen LogP contribution in [0.25, 0.3) is 0 Å². The molecule has 1 aromatic rings. The number of amides is 1. The van der Waals surface area contributed by atoms with E-state index < -0.39 is 17.8 Å². The molecule has 2 aliphatic rings. The largest absolute Gasteiger partial charge is 0.445 e. The van der Waals surface area contributed by atoms with Gasteiger partial charge in [-0.3, -0.25) is 0 Å². The Morgan fingerprint density at radius 1 is 1.21 bits per heavy atom. The van der Waals surface area contributed by atoms with Crippen LogP contribution < -0.4 is 5.32 Å². The van der Waals surface area contributed by atoms with Gasteiger partial charge in [-0.15, -0.1) is 0 Å². The topological polar surface area (TPSA) is 77.0 Å². The van der Waals surface area contributed by atoms with Crippen LogP contribution in [0, 0.1) is 5.92 Å². The van der Waals surface area contributed by atoms with Crippen LogP contribution >= 0.6 is 0 Å². The fourth-order valence-electron chi connectivity index (χ4n) is 4.31. The van der Waals surface area contributed by atoms with E-state index >= 15 is 0 Å². The molecule has 3 atom stereocenters. The van der Waals surface area contributed by atoms with Crippen LogP contribution in [-0.4, -0.2) is 41.8 Å². The van der Waals surface area contributed by atoms with Gasteiger partial charge in [-0.2, -0.15) is 0 Å². The lowest BCUT2D eigenvalue weighted by atomic mass is 9.82. The maximum atomic E-state index is 12.4. The molecule has 2 N–H and O–H groups in total. The van der Waals surface area contributed by atoms with Crippen molar-refractivity contribution in [2.24, 2.45) is 5.92 Å². The number of hydrogen-bond acceptors (Lipinski definition) is 5. The fraction of sp³-hybridized carbons (Fsp3) is 0.696. The van der Waals surface area contributed by atoms with Crippen LogP contribution in [0.3, 0.4) is 0 Å². The average molecular weight is 406 g/mol. The summed E-state index contributed by atoms with van der Waals surface area (Å²) in [5.74, 6) is 0.520. The molecule has 6 nitrogen and oxygen atoms in total. The average Bonchev–Trinajstić information content (AvgIpc) is 3.05. The van der Waals surface area contributed by atoms with Crippen LogP contribution in [-0.2, 0) is 20.8 Å². The first kappa shape index (κ1) is 22.1. The van der Waals surface area contributed by atoms with E-state index in [2.05, 4.69) is 5.32 Å². The Hall–Kier alpha value is -1.63. The highest BCUT2D eigenvalue weighted by Crippen LogP contribution is 2.31. The first-order valence-corrected chi connectivity index (χ1v) is 10.8. The van der Waals surface area contributed by atoms with Crippen molar-refractivity contribution in [3.05, 3.63) is 35.9 Å². The van der Waals surface area contributed by atoms with E-state index in [9.17, 15) is 9.90 Å². The highest BCUT2D eigenvalue weighted by atomic mass is 16.7. The molecule has 2 unspecified atom stereocenters. The standard InChI is InChI=1S/C23H35NO5/c1-23(2)21(28-16-29-23)14-20(25)19(13-17-9-5-3-6-10-17)24-22(26)27-15-18-11-7-4-8-12-18/h4,7-8,11-12,17,19-21,25H,3,5-6,9-10,13-16H2,1-2H3,(H,24,26)/t19?,20?,21-/m0/s1. The molecule has 0 spiro atoms. The number of aliphatic hydroxyl groups excluding tert-OH is 1. The maximum absolute atomic E-state index is 12.4. The molecule has 1 saturated carbocycles. The highest BCUT2D eigenvalue weighted by Gasteiger charge is 2.40. The molecule has 1 aliphatic carbocycles. The molecule has 1 heterocycles. The van der Waals surface area contributed by atoms with Crippen molar-refractivity contribution in [2.45, 2.75) is 89.3 Å². The third-order valence-corrected chi connectivity index (χ3v) is 6.22. The second-order valence-corrected chi connectivity index (χ2v) is 8.88. The summed E-state index contributed by atoms with van der Waals surface area (Å²) in [6, 6.07) is 9.23. The lowest BCUT2D eigenvalue weighted by Gasteiger charge is -2.32. The van der Waals surface area contributed by atoms with Gasteiger partial charge in [0.2, 0.25) is 0 Å². The number of benzene rings is 1. The molecule has 1 aliphatic heterocycles. The molecule has 2 fully saturated rings. The lowest BCUT2D eigenvalue weighted by Crippen LogP contribution is -2.48. The summed E-state index contributed by atoms with van der Waals surface area (Å²) >= 11 is 0. The van der Waals surface area contributed by atoms with Gasteiger partial charge in [0.25, 0.3) is 0 Å². The normalized spacial score (nSPS) is 24.0. The minimum Gasteiger partial charge on any atom is -0.445 e. The van der Waals surface area contributed by atoms with Crippen molar-refractivity contribution in [3.63, 3.8) is 0 Å². The van der Waals surface area contributed by atoms with Crippen molar-refractivity contribution in [3.8, 4) is 0 Å². The highest BCUT2D eigenvalue weighted by molar-refractivity contribution is 5.67. The van der Waals surface area contributed by atoms with Gasteiger partial charge >= 0.3 is 6.09 Å². The second kappa shape index (κ2) is 10.4. The van der Waals surface area contributed by atoms with Crippen LogP contribution in [0.5, 0.6) is 0 Å². The van der Waals surface area contributed by atoms with Gasteiger partial charge < -0.3 is 24.6 Å². The number of alkyl carbamates (subject to hydrolysis) is 1. The smallest absolute Gasteiger partial charge is 0.407 e. The third kappa shape index (κ3) is 6.69. The fourth-order valence-corrected chi connectivity index (χ4v) is 4.31. The molecule has 0 radical (unpaired) electrons. The molecule has 162 valence electrons. The van der Waals surface area contributed by atoms with Crippen LogP contribution in [0.2, 0.25) is 0 Å². The van der Waals surface area contributed by atoms with Crippen LogP contribution in [0.1, 0.15) is 64.4 Å². The van der Waals surface area contributed by atoms with E-state index in [0.717, 1.165) is 24.8 Å². The summed E-state index contributed by atoms with van der Waals surface area (Å²) in [5, 5.41) is 13.9. The Bertz CT molecular complexity index is 629. The minimum atomic E-state index is -0.716. The van der Waals surface area contributed by atoms with Gasteiger partial charge in [0.05, 0.1) is 23.9 Å². The van der Waals surface area contributed by atoms with Crippen molar-refractivity contribution in [1.82, 2.24) is 5.32 Å². The Labute approximate surface area is 173 Å². The van der Waals surface area contributed by atoms with Gasteiger partial charge in [0.1, 0.15) is 13.4 Å². The predicted octanol–water partition coefficient (Wildman–Crippen LogP) is 4.15. The molecule has 29 heavy (non-hydrogen) atoms. The quantitative estimate of drug-likeness (QED) is 0.679. The van der Waals surface area contributed by atoms with Crippen molar-refractivity contribution in [2.75, 3.05) is 6.79 Å². The van der Waals surface area contributed by atoms with Gasteiger partial charge in [0, 0.05) is 6.42 Å². The number of nitrogens with one attached hydrogen (secondary N) is 1. The first-order valence-electron chi connectivity index (χ1n) is 10.8. The van der Waals surface area contributed by atoms with Crippen molar-refractivity contribution < 1.29 is 24.1 Å². The van der Waals surface area contributed by atoms with E-state index in [1.807, 2.05) is 44.2 Å². The maximum Gasteiger partial charge on any atom is 0.407 e. The molecular formula is C23H35NO5. The SMILES string of the molecule is CC1(C)OCO[C@H]1CC(O)C(CC1CCCCC1)NC(=O)OCc1ccccc1. The van der Waals surface area contributed by atoms with Gasteiger partial charge in [-0.05, 0) is 31.7 Å². The number of carbonyl (C=O) groups excluding carboxylic acids is 1. The van der Waals surface area contributed by atoms with E-state index in [1.165, 1.54) is 19.3 Å². The van der Waals surface area contributed by atoms with E-state index in [0.29, 0.717) is 12.3 Å². The molecule has 1 saturated heterocycles. The Balaban J connectivity index is 1.57. The molecule has 3 rings (SSSR count). The van der Waals surface area contributed by atoms with Crippen LogP contribution in [0.4, 0.5) is 4.79 Å². The van der Waals surface area contributed by atoms with Crippen LogP contribution in [0.15, 0.2) is 30.3 Å². The molecule has 0 aromatic heterocycles. The monoisotopic (exact) mass is 405 g/mol. The number of rotatable bonds is 8. The summed E-state index contributed by atoms with van der Waals surface area (Å²) in [6.07, 6.45) is 5.79. The van der Waals surface area contributed by atoms with E-state index in [-0.39, 0.29) is 25.5 Å². The molecule has 1 aromatic carbocycles. The summed E-state index contributed by atoms with van der Waals surface area (Å²) in [7, 11) is 0. The molecule has 0 bridgehead atoms. The minimum absolute atomic E-state index is 0.200. The zero-order chi connectivity index (χ0) is 20.7. The number of aliphatic hydroxyl groups is 1. The summed E-state index contributed by atoms with van der Waals surface area (Å²) in [6.45, 7) is 4.39. The first-order chi connectivity index (χ1) is 13.9. The van der Waals surface area contributed by atoms with Crippen molar-refractivity contribution >= 4 is 6.09 Å². The molecular weight excluding hydrogens is 370 g/mol. The number of carbonyl (C=O) groups is 1. The van der Waals surface area contributed by atoms with Crippen molar-refractivity contribution in [1.29, 1.82) is 0 Å². The zero-order valence-corrected chi connectivity index (χ0v) is 17.6. The Morgan fingerprint density at radius 3 is 2.59 bits per heavy atom. The second-order valence-electron chi connectivity index (χ2n) is 8.88. The Kier molecular flexibility index (Phi) is 7.92. The molecule has 6 heteroatoms. The Morgan fingerprint density at radius 2 is 1.93 bits per heavy atom. The van der Waals surface area contributed by atoms with Gasteiger partial charge in [-0.25, -0.2) is 4.79 Å². The van der Waals surface area contributed by atoms with Gasteiger partial charge in [0.15, 0.2) is 0 Å². The zero-order valence-electron chi connectivity index (χ0n) is 17.6. The number of ether oxygens (including phenoxy) is 3. The summed E-state index contributed by atoms with van der Waals surface area (Å²) < 4.78 is 16.7. The summed E-state index contributed by atoms with van der Waals surface area (Å²) in [5.41, 5.74) is 0.495. The van der Waals surface area contributed by atoms with E-state index in [1.54, 1.807) is 0 Å². The summed E-state index contributed by atoms with van der Waals surface area (Å²) in [4.78, 5) is 12.4. The molecule has 1 amide bonds. The number of hydrogen-bond donors (Lipinski definition) is 2. The predicted molar refractivity (Wildman–Crippen MR) is 110 cm³/mol. The third-order valence-electron chi connectivity index (χ3n) is 6.22.